The highest BCUT2D eigenvalue weighted by molar-refractivity contribution is 5.94. The van der Waals surface area contributed by atoms with Crippen LogP contribution in [0.3, 0.4) is 0 Å². The number of rotatable bonds is 1. The fourth-order valence-electron chi connectivity index (χ4n) is 3.05. The molecule has 21 heavy (non-hydrogen) atoms. The highest BCUT2D eigenvalue weighted by Gasteiger charge is 2.22. The van der Waals surface area contributed by atoms with Crippen molar-refractivity contribution in [2.45, 2.75) is 26.4 Å². The number of carbonyl (C=O) groups is 2. The van der Waals surface area contributed by atoms with Crippen molar-refractivity contribution in [3.05, 3.63) is 34.9 Å². The van der Waals surface area contributed by atoms with Gasteiger partial charge in [-0.2, -0.15) is 0 Å². The minimum Gasteiger partial charge on any atom is -0.341 e. The Kier molecular flexibility index (Phi) is 3.92. The van der Waals surface area contributed by atoms with Crippen LogP contribution in [0.5, 0.6) is 0 Å². The van der Waals surface area contributed by atoms with Crippen molar-refractivity contribution in [1.29, 1.82) is 0 Å². The molecule has 0 spiro atoms. The number of benzene rings is 1. The van der Waals surface area contributed by atoms with Gasteiger partial charge in [-0.05, 0) is 29.7 Å². The maximum atomic E-state index is 12.6. The first-order valence-electron chi connectivity index (χ1n) is 7.52. The standard InChI is InChI=1S/C16H21N3O2/c1-12(20)18-5-2-6-19(8-7-18)16(21)13-3-4-14-10-17-11-15(14)9-13/h3-4,9,17H,2,5-8,10-11H2,1H3. The molecule has 1 saturated heterocycles. The van der Waals surface area contributed by atoms with E-state index in [4.69, 9.17) is 0 Å². The summed E-state index contributed by atoms with van der Waals surface area (Å²) >= 11 is 0. The van der Waals surface area contributed by atoms with E-state index in [-0.39, 0.29) is 11.8 Å². The van der Waals surface area contributed by atoms with Crippen LogP contribution in [0, 0.1) is 0 Å². The minimum atomic E-state index is 0.0788. The SMILES string of the molecule is CC(=O)N1CCCN(C(=O)c2ccc3c(c2)CNC3)CC1. The highest BCUT2D eigenvalue weighted by atomic mass is 16.2. The Labute approximate surface area is 124 Å². The third kappa shape index (κ3) is 2.93. The van der Waals surface area contributed by atoms with Crippen molar-refractivity contribution in [2.75, 3.05) is 26.2 Å². The van der Waals surface area contributed by atoms with Gasteiger partial charge in [0.05, 0.1) is 0 Å². The molecule has 5 nitrogen and oxygen atoms in total. The molecular weight excluding hydrogens is 266 g/mol. The molecule has 2 heterocycles. The van der Waals surface area contributed by atoms with E-state index in [0.717, 1.165) is 38.2 Å². The van der Waals surface area contributed by atoms with Gasteiger partial charge >= 0.3 is 0 Å². The van der Waals surface area contributed by atoms with Crippen LogP contribution >= 0.6 is 0 Å². The number of nitrogens with one attached hydrogen (secondary N) is 1. The molecule has 0 aliphatic carbocycles. The van der Waals surface area contributed by atoms with E-state index < -0.39 is 0 Å². The van der Waals surface area contributed by atoms with Crippen molar-refractivity contribution in [2.24, 2.45) is 0 Å². The van der Waals surface area contributed by atoms with Crippen molar-refractivity contribution in [3.8, 4) is 0 Å². The monoisotopic (exact) mass is 287 g/mol. The summed E-state index contributed by atoms with van der Waals surface area (Å²) in [5.74, 6) is 0.169. The Morgan fingerprint density at radius 1 is 1.00 bits per heavy atom. The number of hydrogen-bond donors (Lipinski definition) is 1. The van der Waals surface area contributed by atoms with Crippen LogP contribution in [0.25, 0.3) is 0 Å². The van der Waals surface area contributed by atoms with Crippen LogP contribution in [0.2, 0.25) is 0 Å². The minimum absolute atomic E-state index is 0.0788. The van der Waals surface area contributed by atoms with Gasteiger partial charge in [-0.1, -0.05) is 6.07 Å². The van der Waals surface area contributed by atoms with Crippen molar-refractivity contribution in [3.63, 3.8) is 0 Å². The molecule has 1 fully saturated rings. The molecule has 0 atom stereocenters. The number of nitrogens with zero attached hydrogens (tertiary/aromatic N) is 2. The zero-order valence-electron chi connectivity index (χ0n) is 12.4. The van der Waals surface area contributed by atoms with Gasteiger partial charge in [0.15, 0.2) is 0 Å². The highest BCUT2D eigenvalue weighted by Crippen LogP contribution is 2.18. The van der Waals surface area contributed by atoms with Crippen LogP contribution in [-0.4, -0.2) is 47.8 Å². The summed E-state index contributed by atoms with van der Waals surface area (Å²) in [6.07, 6.45) is 0.845. The lowest BCUT2D eigenvalue weighted by atomic mass is 10.1. The van der Waals surface area contributed by atoms with E-state index in [9.17, 15) is 9.59 Å². The fraction of sp³-hybridized carbons (Fsp3) is 0.500. The average molecular weight is 287 g/mol. The summed E-state index contributed by atoms with van der Waals surface area (Å²) < 4.78 is 0. The van der Waals surface area contributed by atoms with Gasteiger partial charge in [0.1, 0.15) is 0 Å². The fourth-order valence-corrected chi connectivity index (χ4v) is 3.05. The van der Waals surface area contributed by atoms with E-state index in [0.29, 0.717) is 13.1 Å². The van der Waals surface area contributed by atoms with Gasteiger partial charge < -0.3 is 15.1 Å². The molecule has 2 amide bonds. The molecule has 2 aliphatic heterocycles. The molecule has 2 aliphatic rings. The van der Waals surface area contributed by atoms with Crippen LogP contribution in [0.1, 0.15) is 34.8 Å². The smallest absolute Gasteiger partial charge is 0.253 e. The molecule has 0 saturated carbocycles. The summed E-state index contributed by atoms with van der Waals surface area (Å²) in [7, 11) is 0. The first-order valence-corrected chi connectivity index (χ1v) is 7.52. The van der Waals surface area contributed by atoms with Crippen LogP contribution in [0.4, 0.5) is 0 Å². The second-order valence-electron chi connectivity index (χ2n) is 5.74. The quantitative estimate of drug-likeness (QED) is 0.838. The Balaban J connectivity index is 1.71. The van der Waals surface area contributed by atoms with Gasteiger partial charge in [-0.3, -0.25) is 9.59 Å². The lowest BCUT2D eigenvalue weighted by Crippen LogP contribution is -2.36. The molecule has 1 N–H and O–H groups in total. The summed E-state index contributed by atoms with van der Waals surface area (Å²) in [5, 5.41) is 3.29. The normalized spacial score (nSPS) is 18.3. The van der Waals surface area contributed by atoms with E-state index in [1.807, 2.05) is 28.0 Å². The Bertz CT molecular complexity index is 571. The number of carbonyl (C=O) groups excluding carboxylic acids is 2. The lowest BCUT2D eigenvalue weighted by Gasteiger charge is -2.21. The first kappa shape index (κ1) is 14.1. The first-order chi connectivity index (χ1) is 10.1. The zero-order chi connectivity index (χ0) is 14.8. The maximum Gasteiger partial charge on any atom is 0.253 e. The largest absolute Gasteiger partial charge is 0.341 e. The van der Waals surface area contributed by atoms with Crippen molar-refractivity contribution >= 4 is 11.8 Å². The molecule has 1 aromatic carbocycles. The van der Waals surface area contributed by atoms with Gasteiger partial charge in [0, 0.05) is 51.8 Å². The predicted molar refractivity (Wildman–Crippen MR) is 79.8 cm³/mol. The van der Waals surface area contributed by atoms with E-state index in [1.165, 1.54) is 11.1 Å². The maximum absolute atomic E-state index is 12.6. The van der Waals surface area contributed by atoms with Gasteiger partial charge in [0.25, 0.3) is 5.91 Å². The molecule has 0 unspecified atom stereocenters. The molecule has 0 aromatic heterocycles. The molecule has 112 valence electrons. The number of amides is 2. The molecule has 1 aromatic rings. The zero-order valence-corrected chi connectivity index (χ0v) is 12.4. The average Bonchev–Trinajstić information content (AvgIpc) is 2.80. The second kappa shape index (κ2) is 5.85. The number of fused-ring (bicyclic) bond motifs is 1. The van der Waals surface area contributed by atoms with Crippen LogP contribution < -0.4 is 5.32 Å². The molecular formula is C16H21N3O2. The van der Waals surface area contributed by atoms with Crippen LogP contribution in [-0.2, 0) is 17.9 Å². The van der Waals surface area contributed by atoms with Crippen LogP contribution in [0.15, 0.2) is 18.2 Å². The Morgan fingerprint density at radius 2 is 1.71 bits per heavy atom. The number of hydrogen-bond acceptors (Lipinski definition) is 3. The topological polar surface area (TPSA) is 52.7 Å². The van der Waals surface area contributed by atoms with Crippen molar-refractivity contribution in [1.82, 2.24) is 15.1 Å². The lowest BCUT2D eigenvalue weighted by molar-refractivity contribution is -0.128. The summed E-state index contributed by atoms with van der Waals surface area (Å²) in [4.78, 5) is 27.8. The van der Waals surface area contributed by atoms with Gasteiger partial charge in [-0.15, -0.1) is 0 Å². The molecule has 0 radical (unpaired) electrons. The van der Waals surface area contributed by atoms with E-state index in [2.05, 4.69) is 5.32 Å². The summed E-state index contributed by atoms with van der Waals surface area (Å²) in [6.45, 7) is 6.03. The predicted octanol–water partition coefficient (Wildman–Crippen LogP) is 0.984. The third-order valence-electron chi connectivity index (χ3n) is 4.31. The summed E-state index contributed by atoms with van der Waals surface area (Å²) in [6, 6.07) is 5.97. The molecule has 0 bridgehead atoms. The van der Waals surface area contributed by atoms with E-state index in [1.54, 1.807) is 6.92 Å². The molecule has 5 heteroatoms. The Morgan fingerprint density at radius 3 is 2.52 bits per heavy atom. The third-order valence-corrected chi connectivity index (χ3v) is 4.31. The van der Waals surface area contributed by atoms with Gasteiger partial charge in [0.2, 0.25) is 5.91 Å². The summed E-state index contributed by atoms with van der Waals surface area (Å²) in [5.41, 5.74) is 3.26. The van der Waals surface area contributed by atoms with Gasteiger partial charge in [-0.25, -0.2) is 0 Å². The van der Waals surface area contributed by atoms with Crippen molar-refractivity contribution < 1.29 is 9.59 Å². The second-order valence-corrected chi connectivity index (χ2v) is 5.74. The Hall–Kier alpha value is -1.88. The molecule has 3 rings (SSSR count). The van der Waals surface area contributed by atoms with E-state index >= 15 is 0 Å².